The predicted octanol–water partition coefficient (Wildman–Crippen LogP) is 1.46. The Morgan fingerprint density at radius 3 is 2.95 bits per heavy atom. The van der Waals surface area contributed by atoms with E-state index in [0.29, 0.717) is 19.5 Å². The highest BCUT2D eigenvalue weighted by molar-refractivity contribution is 9.10. The summed E-state index contributed by atoms with van der Waals surface area (Å²) in [4.78, 5) is 29.4. The predicted molar refractivity (Wildman–Crippen MR) is 73.9 cm³/mol. The molecule has 2 N–H and O–H groups in total. The van der Waals surface area contributed by atoms with Crippen LogP contribution in [0.1, 0.15) is 24.8 Å². The number of amides is 2. The molecule has 0 aliphatic carbocycles. The van der Waals surface area contributed by atoms with Crippen molar-refractivity contribution >= 4 is 27.7 Å². The van der Waals surface area contributed by atoms with Crippen molar-refractivity contribution in [1.82, 2.24) is 9.88 Å². The Bertz CT molecular complexity index is 493. The van der Waals surface area contributed by atoms with E-state index in [1.54, 1.807) is 17.3 Å². The maximum Gasteiger partial charge on any atom is 0.235 e. The number of halogens is 1. The summed E-state index contributed by atoms with van der Waals surface area (Å²) in [5.41, 5.74) is 6.24. The quantitative estimate of drug-likeness (QED) is 0.855. The van der Waals surface area contributed by atoms with Gasteiger partial charge >= 0.3 is 0 Å². The molecule has 2 amide bonds. The minimum atomic E-state index is -0.678. The van der Waals surface area contributed by atoms with Gasteiger partial charge in [0.05, 0.1) is 0 Å². The molecule has 1 fully saturated rings. The molecule has 5 nitrogen and oxygen atoms in total. The Balaban J connectivity index is 2.13. The Kier molecular flexibility index (Phi) is 4.52. The fraction of sp³-hybridized carbons (Fsp3) is 0.462. The molecule has 2 rings (SSSR count). The molecule has 1 aliphatic rings. The van der Waals surface area contributed by atoms with Crippen LogP contribution in [0.4, 0.5) is 0 Å². The van der Waals surface area contributed by atoms with Crippen molar-refractivity contribution in [1.29, 1.82) is 0 Å². The van der Waals surface area contributed by atoms with Crippen LogP contribution in [0.3, 0.4) is 0 Å². The number of primary amides is 1. The van der Waals surface area contributed by atoms with Gasteiger partial charge in [0.15, 0.2) is 0 Å². The molecule has 0 radical (unpaired) electrons. The average molecular weight is 326 g/mol. The van der Waals surface area contributed by atoms with Crippen LogP contribution in [0, 0.1) is 5.92 Å². The van der Waals surface area contributed by atoms with E-state index in [-0.39, 0.29) is 5.91 Å². The summed E-state index contributed by atoms with van der Waals surface area (Å²) >= 11 is 3.35. The van der Waals surface area contributed by atoms with Gasteiger partial charge in [-0.1, -0.05) is 6.42 Å². The second kappa shape index (κ2) is 6.14. The zero-order valence-corrected chi connectivity index (χ0v) is 12.1. The van der Waals surface area contributed by atoms with E-state index in [1.165, 1.54) is 0 Å². The third-order valence-corrected chi connectivity index (χ3v) is 3.69. The Morgan fingerprint density at radius 2 is 2.26 bits per heavy atom. The number of nitrogens with zero attached hydrogens (tertiary/aromatic N) is 2. The number of hydrogen-bond donors (Lipinski definition) is 1. The minimum Gasteiger partial charge on any atom is -0.369 e. The number of carbonyl (C=O) groups excluding carboxylic acids is 2. The first-order valence-electron chi connectivity index (χ1n) is 6.25. The van der Waals surface area contributed by atoms with Crippen LogP contribution < -0.4 is 5.73 Å². The van der Waals surface area contributed by atoms with Crippen molar-refractivity contribution in [3.8, 4) is 0 Å². The van der Waals surface area contributed by atoms with Gasteiger partial charge in [0.25, 0.3) is 0 Å². The maximum atomic E-state index is 12.3. The second-order valence-corrected chi connectivity index (χ2v) is 5.64. The van der Waals surface area contributed by atoms with Crippen LogP contribution >= 0.6 is 15.9 Å². The maximum absolute atomic E-state index is 12.3. The van der Waals surface area contributed by atoms with Crippen LogP contribution in [-0.4, -0.2) is 28.2 Å². The third kappa shape index (κ3) is 3.53. The molecule has 2 heterocycles. The number of hydrogen-bond acceptors (Lipinski definition) is 3. The van der Waals surface area contributed by atoms with E-state index in [0.717, 1.165) is 22.9 Å². The molecule has 19 heavy (non-hydrogen) atoms. The van der Waals surface area contributed by atoms with Gasteiger partial charge in [-0.3, -0.25) is 14.6 Å². The van der Waals surface area contributed by atoms with E-state index in [2.05, 4.69) is 20.9 Å². The Hall–Kier alpha value is -1.43. The number of rotatable bonds is 3. The molecule has 1 aliphatic heterocycles. The zero-order chi connectivity index (χ0) is 13.8. The number of likely N-dealkylation sites (tertiary alicyclic amines) is 1. The SMILES string of the molecule is NC(=O)[C@@H]1CCCCN(Cc2cncc(Br)c2)C1=O. The van der Waals surface area contributed by atoms with E-state index >= 15 is 0 Å². The third-order valence-electron chi connectivity index (χ3n) is 3.26. The monoisotopic (exact) mass is 325 g/mol. The van der Waals surface area contributed by atoms with Crippen LogP contribution in [0.15, 0.2) is 22.9 Å². The van der Waals surface area contributed by atoms with Crippen molar-refractivity contribution in [2.75, 3.05) is 6.54 Å². The Labute approximate surface area is 120 Å². The standard InChI is InChI=1S/C13H16BrN3O2/c14-10-5-9(6-16-7-10)8-17-4-2-1-3-11(12(15)18)13(17)19/h5-7,11H,1-4,8H2,(H2,15,18)/t11-/m0/s1. The van der Waals surface area contributed by atoms with E-state index in [4.69, 9.17) is 5.73 Å². The number of nitrogens with two attached hydrogens (primary N) is 1. The molecule has 0 spiro atoms. The van der Waals surface area contributed by atoms with Gasteiger partial charge in [0.2, 0.25) is 11.8 Å². The van der Waals surface area contributed by atoms with Gasteiger partial charge in [-0.15, -0.1) is 0 Å². The number of carbonyl (C=O) groups is 2. The second-order valence-electron chi connectivity index (χ2n) is 4.72. The lowest BCUT2D eigenvalue weighted by Gasteiger charge is -2.23. The average Bonchev–Trinajstić information content (AvgIpc) is 2.53. The van der Waals surface area contributed by atoms with Crippen molar-refractivity contribution in [2.24, 2.45) is 11.7 Å². The first kappa shape index (κ1) is 14.0. The number of pyridine rings is 1. The lowest BCUT2D eigenvalue weighted by molar-refractivity contribution is -0.140. The van der Waals surface area contributed by atoms with Crippen LogP contribution in [-0.2, 0) is 16.1 Å². The molecule has 6 heteroatoms. The highest BCUT2D eigenvalue weighted by Crippen LogP contribution is 2.20. The van der Waals surface area contributed by atoms with Gasteiger partial charge in [-0.2, -0.15) is 0 Å². The first-order valence-corrected chi connectivity index (χ1v) is 7.05. The normalized spacial score (nSPS) is 20.2. The summed E-state index contributed by atoms with van der Waals surface area (Å²) in [6.45, 7) is 1.13. The molecule has 1 aromatic heterocycles. The van der Waals surface area contributed by atoms with E-state index in [9.17, 15) is 9.59 Å². The zero-order valence-electron chi connectivity index (χ0n) is 10.5. The van der Waals surface area contributed by atoms with Crippen molar-refractivity contribution in [2.45, 2.75) is 25.8 Å². The Morgan fingerprint density at radius 1 is 1.47 bits per heavy atom. The van der Waals surface area contributed by atoms with Crippen LogP contribution in [0.2, 0.25) is 0 Å². The summed E-state index contributed by atoms with van der Waals surface area (Å²) < 4.78 is 0.874. The van der Waals surface area contributed by atoms with Gasteiger partial charge in [0.1, 0.15) is 5.92 Å². The molecule has 1 aromatic rings. The number of aromatic nitrogens is 1. The molecular formula is C13H16BrN3O2. The molecule has 0 unspecified atom stereocenters. The summed E-state index contributed by atoms with van der Waals surface area (Å²) in [7, 11) is 0. The summed E-state index contributed by atoms with van der Waals surface area (Å²) in [6.07, 6.45) is 5.73. The smallest absolute Gasteiger partial charge is 0.235 e. The lowest BCUT2D eigenvalue weighted by Crippen LogP contribution is -2.40. The van der Waals surface area contributed by atoms with E-state index in [1.807, 2.05) is 6.07 Å². The largest absolute Gasteiger partial charge is 0.369 e. The summed E-state index contributed by atoms with van der Waals surface area (Å²) in [5.74, 6) is -1.36. The van der Waals surface area contributed by atoms with Crippen molar-refractivity contribution in [3.63, 3.8) is 0 Å². The summed E-state index contributed by atoms with van der Waals surface area (Å²) in [6, 6.07) is 1.92. The molecule has 0 bridgehead atoms. The van der Waals surface area contributed by atoms with Crippen LogP contribution in [0.25, 0.3) is 0 Å². The first-order chi connectivity index (χ1) is 9.08. The molecule has 1 saturated heterocycles. The van der Waals surface area contributed by atoms with Crippen molar-refractivity contribution < 1.29 is 9.59 Å². The van der Waals surface area contributed by atoms with Crippen molar-refractivity contribution in [3.05, 3.63) is 28.5 Å². The topological polar surface area (TPSA) is 76.3 Å². The van der Waals surface area contributed by atoms with Gasteiger partial charge < -0.3 is 10.6 Å². The lowest BCUT2D eigenvalue weighted by atomic mass is 10.0. The van der Waals surface area contributed by atoms with Gasteiger partial charge in [-0.25, -0.2) is 0 Å². The fourth-order valence-electron chi connectivity index (χ4n) is 2.29. The van der Waals surface area contributed by atoms with Gasteiger partial charge in [-0.05, 0) is 40.4 Å². The fourth-order valence-corrected chi connectivity index (χ4v) is 2.70. The molecule has 0 saturated carbocycles. The van der Waals surface area contributed by atoms with Crippen LogP contribution in [0.5, 0.6) is 0 Å². The molecule has 1 atom stereocenters. The van der Waals surface area contributed by atoms with E-state index < -0.39 is 11.8 Å². The highest BCUT2D eigenvalue weighted by atomic mass is 79.9. The molecule has 102 valence electrons. The minimum absolute atomic E-state index is 0.162. The highest BCUT2D eigenvalue weighted by Gasteiger charge is 2.30. The molecule has 0 aromatic carbocycles. The molecular weight excluding hydrogens is 310 g/mol. The summed E-state index contributed by atoms with van der Waals surface area (Å²) in [5, 5.41) is 0. The van der Waals surface area contributed by atoms with Gasteiger partial charge in [0, 0.05) is 30.0 Å².